The highest BCUT2D eigenvalue weighted by molar-refractivity contribution is 6.30. The number of halogens is 1. The molecule has 23 heavy (non-hydrogen) atoms. The van der Waals surface area contributed by atoms with Gasteiger partial charge in [-0.3, -0.25) is 4.90 Å². The summed E-state index contributed by atoms with van der Waals surface area (Å²) in [6.07, 6.45) is 1.07. The zero-order chi connectivity index (χ0) is 16.2. The van der Waals surface area contributed by atoms with Crippen LogP contribution in [0.4, 0.5) is 11.4 Å². The second kappa shape index (κ2) is 7.24. The van der Waals surface area contributed by atoms with Crippen LogP contribution >= 0.6 is 11.6 Å². The van der Waals surface area contributed by atoms with E-state index in [4.69, 9.17) is 17.3 Å². The molecule has 2 N–H and O–H groups in total. The number of hydrogen-bond acceptors (Lipinski definition) is 3. The topological polar surface area (TPSA) is 32.5 Å². The average Bonchev–Trinajstić information content (AvgIpc) is 2.57. The standard InChI is InChI=1S/C19H24ClN3/c1-15(13-16-5-7-18(21)8-6-16)22-9-11-23(12-10-22)19-4-2-3-17(20)14-19/h2-8,14-15H,9-13,21H2,1H3. The summed E-state index contributed by atoms with van der Waals surface area (Å²) < 4.78 is 0. The Morgan fingerprint density at radius 2 is 1.74 bits per heavy atom. The zero-order valence-corrected chi connectivity index (χ0v) is 14.3. The summed E-state index contributed by atoms with van der Waals surface area (Å²) in [5.74, 6) is 0. The van der Waals surface area contributed by atoms with Gasteiger partial charge in [0.15, 0.2) is 0 Å². The molecule has 3 rings (SSSR count). The molecule has 122 valence electrons. The zero-order valence-electron chi connectivity index (χ0n) is 13.6. The molecule has 1 unspecified atom stereocenters. The Hall–Kier alpha value is -1.71. The van der Waals surface area contributed by atoms with Crippen LogP contribution in [-0.4, -0.2) is 37.1 Å². The van der Waals surface area contributed by atoms with Crippen molar-refractivity contribution >= 4 is 23.0 Å². The smallest absolute Gasteiger partial charge is 0.0426 e. The van der Waals surface area contributed by atoms with Gasteiger partial charge in [0, 0.05) is 48.6 Å². The van der Waals surface area contributed by atoms with Gasteiger partial charge in [-0.05, 0) is 49.2 Å². The maximum atomic E-state index is 6.10. The monoisotopic (exact) mass is 329 g/mol. The molecule has 2 aromatic carbocycles. The molecule has 1 fully saturated rings. The minimum absolute atomic E-state index is 0.542. The third kappa shape index (κ3) is 4.18. The van der Waals surface area contributed by atoms with Crippen molar-refractivity contribution in [3.8, 4) is 0 Å². The van der Waals surface area contributed by atoms with E-state index in [2.05, 4.69) is 41.0 Å². The number of nitrogens with two attached hydrogens (primary N) is 1. The van der Waals surface area contributed by atoms with E-state index in [1.165, 1.54) is 11.3 Å². The van der Waals surface area contributed by atoms with Crippen LogP contribution in [0.15, 0.2) is 48.5 Å². The molecule has 3 nitrogen and oxygen atoms in total. The van der Waals surface area contributed by atoms with E-state index in [0.29, 0.717) is 6.04 Å². The molecule has 4 heteroatoms. The van der Waals surface area contributed by atoms with Gasteiger partial charge in [-0.2, -0.15) is 0 Å². The lowest BCUT2D eigenvalue weighted by Crippen LogP contribution is -2.50. The van der Waals surface area contributed by atoms with Crippen molar-refractivity contribution in [2.75, 3.05) is 36.8 Å². The number of nitrogens with zero attached hydrogens (tertiary/aromatic N) is 2. The maximum Gasteiger partial charge on any atom is 0.0426 e. The van der Waals surface area contributed by atoms with Gasteiger partial charge in [-0.1, -0.05) is 29.8 Å². The minimum Gasteiger partial charge on any atom is -0.399 e. The SMILES string of the molecule is CC(Cc1ccc(N)cc1)N1CCN(c2cccc(Cl)c2)CC1. The summed E-state index contributed by atoms with van der Waals surface area (Å²) in [4.78, 5) is 4.98. The van der Waals surface area contributed by atoms with Crippen LogP contribution < -0.4 is 10.6 Å². The summed E-state index contributed by atoms with van der Waals surface area (Å²) in [7, 11) is 0. The summed E-state index contributed by atoms with van der Waals surface area (Å²) in [5, 5.41) is 0.807. The highest BCUT2D eigenvalue weighted by Crippen LogP contribution is 2.22. The van der Waals surface area contributed by atoms with E-state index < -0.39 is 0 Å². The van der Waals surface area contributed by atoms with Gasteiger partial charge >= 0.3 is 0 Å². The quantitative estimate of drug-likeness (QED) is 0.869. The van der Waals surface area contributed by atoms with Crippen LogP contribution in [0.3, 0.4) is 0 Å². The van der Waals surface area contributed by atoms with Gasteiger partial charge in [-0.15, -0.1) is 0 Å². The van der Waals surface area contributed by atoms with Crippen LogP contribution in [0, 0.1) is 0 Å². The molecule has 0 amide bonds. The van der Waals surface area contributed by atoms with Crippen molar-refractivity contribution in [2.45, 2.75) is 19.4 Å². The Labute approximate surface area is 143 Å². The molecule has 0 saturated carbocycles. The largest absolute Gasteiger partial charge is 0.399 e. The third-order valence-electron chi connectivity index (χ3n) is 4.62. The Morgan fingerprint density at radius 3 is 2.39 bits per heavy atom. The maximum absolute atomic E-state index is 6.10. The molecule has 1 aliphatic heterocycles. The first kappa shape index (κ1) is 16.2. The second-order valence-corrected chi connectivity index (χ2v) is 6.73. The Kier molecular flexibility index (Phi) is 5.09. The van der Waals surface area contributed by atoms with E-state index in [1.54, 1.807) is 0 Å². The lowest BCUT2D eigenvalue weighted by Gasteiger charge is -2.39. The van der Waals surface area contributed by atoms with Crippen LogP contribution in [0.1, 0.15) is 12.5 Å². The first-order valence-electron chi connectivity index (χ1n) is 8.21. The fraction of sp³-hybridized carbons (Fsp3) is 0.368. The van der Waals surface area contributed by atoms with Gasteiger partial charge in [0.2, 0.25) is 0 Å². The molecule has 0 bridgehead atoms. The molecule has 2 aromatic rings. The molecular formula is C19H24ClN3. The van der Waals surface area contributed by atoms with Crippen molar-refractivity contribution in [3.63, 3.8) is 0 Å². The predicted molar refractivity (Wildman–Crippen MR) is 99.3 cm³/mol. The van der Waals surface area contributed by atoms with Gasteiger partial charge in [-0.25, -0.2) is 0 Å². The van der Waals surface area contributed by atoms with Crippen LogP contribution in [-0.2, 0) is 6.42 Å². The van der Waals surface area contributed by atoms with Crippen molar-refractivity contribution in [3.05, 3.63) is 59.1 Å². The fourth-order valence-corrected chi connectivity index (χ4v) is 3.40. The average molecular weight is 330 g/mol. The van der Waals surface area contributed by atoms with Crippen LogP contribution in [0.25, 0.3) is 0 Å². The van der Waals surface area contributed by atoms with Gasteiger partial charge in [0.25, 0.3) is 0 Å². The number of anilines is 2. The number of nitrogen functional groups attached to an aromatic ring is 1. The van der Waals surface area contributed by atoms with Gasteiger partial charge in [0.1, 0.15) is 0 Å². The molecule has 0 aromatic heterocycles. The number of rotatable bonds is 4. The highest BCUT2D eigenvalue weighted by Gasteiger charge is 2.21. The molecule has 1 saturated heterocycles. The van der Waals surface area contributed by atoms with Crippen molar-refractivity contribution < 1.29 is 0 Å². The Balaban J connectivity index is 1.55. The fourth-order valence-electron chi connectivity index (χ4n) is 3.22. The number of piperazine rings is 1. The van der Waals surface area contributed by atoms with E-state index in [-0.39, 0.29) is 0 Å². The molecule has 1 atom stereocenters. The summed E-state index contributed by atoms with van der Waals surface area (Å²) >= 11 is 6.10. The second-order valence-electron chi connectivity index (χ2n) is 6.30. The minimum atomic E-state index is 0.542. The van der Waals surface area contributed by atoms with Crippen LogP contribution in [0.5, 0.6) is 0 Å². The number of benzene rings is 2. The van der Waals surface area contributed by atoms with Crippen LogP contribution in [0.2, 0.25) is 5.02 Å². The third-order valence-corrected chi connectivity index (χ3v) is 4.86. The molecule has 0 spiro atoms. The van der Waals surface area contributed by atoms with Crippen molar-refractivity contribution in [1.82, 2.24) is 4.90 Å². The van der Waals surface area contributed by atoms with E-state index in [1.807, 2.05) is 24.3 Å². The summed E-state index contributed by atoms with van der Waals surface area (Å²) in [5.41, 5.74) is 9.16. The van der Waals surface area contributed by atoms with Gasteiger partial charge < -0.3 is 10.6 Å². The molecule has 0 aliphatic carbocycles. The van der Waals surface area contributed by atoms with Crippen molar-refractivity contribution in [2.24, 2.45) is 0 Å². The molecule has 1 heterocycles. The molecular weight excluding hydrogens is 306 g/mol. The number of hydrogen-bond donors (Lipinski definition) is 1. The predicted octanol–water partition coefficient (Wildman–Crippen LogP) is 3.68. The first-order chi connectivity index (χ1) is 11.1. The summed E-state index contributed by atoms with van der Waals surface area (Å²) in [6.45, 7) is 6.58. The lowest BCUT2D eigenvalue weighted by molar-refractivity contribution is 0.196. The van der Waals surface area contributed by atoms with Gasteiger partial charge in [0.05, 0.1) is 0 Å². The van der Waals surface area contributed by atoms with Crippen molar-refractivity contribution in [1.29, 1.82) is 0 Å². The molecule has 0 radical (unpaired) electrons. The van der Waals surface area contributed by atoms with E-state index in [9.17, 15) is 0 Å². The van der Waals surface area contributed by atoms with E-state index in [0.717, 1.165) is 43.3 Å². The Morgan fingerprint density at radius 1 is 1.04 bits per heavy atom. The highest BCUT2D eigenvalue weighted by atomic mass is 35.5. The lowest BCUT2D eigenvalue weighted by atomic mass is 10.0. The summed E-state index contributed by atoms with van der Waals surface area (Å²) in [6, 6.07) is 16.9. The Bertz CT molecular complexity index is 633. The normalized spacial score (nSPS) is 17.2. The first-order valence-corrected chi connectivity index (χ1v) is 8.58. The van der Waals surface area contributed by atoms with E-state index >= 15 is 0 Å². The molecule has 1 aliphatic rings.